The van der Waals surface area contributed by atoms with Crippen molar-refractivity contribution in [3.05, 3.63) is 88.3 Å². The van der Waals surface area contributed by atoms with E-state index in [1.54, 1.807) is 66.7 Å². The molecule has 12 nitrogen and oxygen atoms in total. The summed E-state index contributed by atoms with van der Waals surface area (Å²) in [6, 6.07) is 16.6. The summed E-state index contributed by atoms with van der Waals surface area (Å²) in [5.74, 6) is 3.55. The average Bonchev–Trinajstić information content (AvgIpc) is 3.25. The van der Waals surface area contributed by atoms with Gasteiger partial charge >= 0.3 is 5.69 Å². The highest BCUT2D eigenvalue weighted by Gasteiger charge is 2.23. The molecule has 1 atom stereocenters. The minimum Gasteiger partial charge on any atom is -0.324 e. The molecule has 0 spiro atoms. The lowest BCUT2D eigenvalue weighted by Crippen LogP contribution is -2.31. The van der Waals surface area contributed by atoms with Crippen LogP contribution in [0.3, 0.4) is 0 Å². The van der Waals surface area contributed by atoms with Crippen LogP contribution in [0.5, 0.6) is 0 Å². The van der Waals surface area contributed by atoms with E-state index in [0.29, 0.717) is 33.7 Å². The first kappa shape index (κ1) is 25.2. The highest BCUT2D eigenvalue weighted by molar-refractivity contribution is 6.10. The summed E-state index contributed by atoms with van der Waals surface area (Å²) in [6.45, 7) is 1.50. The molecule has 0 saturated heterocycles. The number of imidazole rings is 1. The zero-order valence-electron chi connectivity index (χ0n) is 19.6. The fourth-order valence-corrected chi connectivity index (χ4v) is 3.43. The molecular weight excluding hydrogens is 478 g/mol. The minimum atomic E-state index is -1.38. The monoisotopic (exact) mass is 501 g/mol. The summed E-state index contributed by atoms with van der Waals surface area (Å²) in [4.78, 5) is 58.4. The van der Waals surface area contributed by atoms with Crippen molar-refractivity contribution >= 4 is 45.7 Å². The number of hydrogen-bond donors (Lipinski definition) is 5. The molecular formula is C25H23N7O5. The van der Waals surface area contributed by atoms with Crippen LogP contribution in [-0.2, 0) is 21.0 Å². The number of azo groups is 1. The normalized spacial score (nSPS) is 11.9. The maximum absolute atomic E-state index is 12.7. The van der Waals surface area contributed by atoms with Gasteiger partial charge in [0.25, 0.3) is 11.8 Å². The van der Waals surface area contributed by atoms with Crippen molar-refractivity contribution in [2.45, 2.75) is 19.6 Å². The van der Waals surface area contributed by atoms with Gasteiger partial charge in [-0.25, -0.2) is 10.7 Å². The number of carbonyl (C=O) groups excluding carboxylic acids is 3. The fourth-order valence-electron chi connectivity index (χ4n) is 3.43. The molecule has 0 aliphatic rings. The van der Waals surface area contributed by atoms with E-state index in [2.05, 4.69) is 35.7 Å². The van der Waals surface area contributed by atoms with E-state index >= 15 is 0 Å². The van der Waals surface area contributed by atoms with Gasteiger partial charge < -0.3 is 20.6 Å². The van der Waals surface area contributed by atoms with Gasteiger partial charge in [-0.05, 0) is 67.1 Å². The van der Waals surface area contributed by atoms with Crippen LogP contribution in [0.2, 0.25) is 0 Å². The van der Waals surface area contributed by atoms with Crippen LogP contribution >= 0.6 is 0 Å². The maximum Gasteiger partial charge on any atom is 0.323 e. The van der Waals surface area contributed by atoms with Crippen LogP contribution in [-0.4, -0.2) is 33.6 Å². The zero-order valence-corrected chi connectivity index (χ0v) is 19.6. The Kier molecular flexibility index (Phi) is 7.62. The van der Waals surface area contributed by atoms with Crippen LogP contribution in [0.4, 0.5) is 17.1 Å². The summed E-state index contributed by atoms with van der Waals surface area (Å²) in [6.07, 6.45) is 0. The third-order valence-corrected chi connectivity index (χ3v) is 5.30. The Morgan fingerprint density at radius 3 is 2.27 bits per heavy atom. The summed E-state index contributed by atoms with van der Waals surface area (Å²) < 4.78 is 0. The summed E-state index contributed by atoms with van der Waals surface area (Å²) in [7, 11) is 0. The predicted molar refractivity (Wildman–Crippen MR) is 136 cm³/mol. The molecule has 188 valence electrons. The van der Waals surface area contributed by atoms with Crippen molar-refractivity contribution in [3.63, 3.8) is 0 Å². The first-order chi connectivity index (χ1) is 17.8. The van der Waals surface area contributed by atoms with E-state index in [1.807, 2.05) is 0 Å². The number of benzene rings is 3. The number of aromatic nitrogens is 2. The van der Waals surface area contributed by atoms with Gasteiger partial charge in [-0.2, -0.15) is 10.2 Å². The van der Waals surface area contributed by atoms with Crippen LogP contribution in [0.15, 0.2) is 81.8 Å². The number of nitrogens with zero attached hydrogens (tertiary/aromatic N) is 2. The second-order valence-electron chi connectivity index (χ2n) is 8.07. The van der Waals surface area contributed by atoms with E-state index in [-0.39, 0.29) is 18.2 Å². The number of nitrogens with two attached hydrogens (primary N) is 1. The number of amides is 2. The van der Waals surface area contributed by atoms with Gasteiger partial charge in [0, 0.05) is 16.9 Å². The number of Topliss-reactive ketones (excluding diaryl/α,β-unsaturated/α-hetero) is 1. The fraction of sp³-hybridized carbons (Fsp3) is 0.120. The number of hydrogen-bond acceptors (Lipinski definition) is 8. The van der Waals surface area contributed by atoms with Crippen molar-refractivity contribution in [3.8, 4) is 0 Å². The van der Waals surface area contributed by atoms with Crippen LogP contribution < -0.4 is 22.2 Å². The highest BCUT2D eigenvalue weighted by atomic mass is 16.6. The lowest BCUT2D eigenvalue weighted by molar-refractivity contribution is -0.126. The van der Waals surface area contributed by atoms with Gasteiger partial charge in [0.2, 0.25) is 6.04 Å². The summed E-state index contributed by atoms with van der Waals surface area (Å²) >= 11 is 0. The lowest BCUT2D eigenvalue weighted by atomic mass is 10.1. The van der Waals surface area contributed by atoms with E-state index < -0.39 is 17.7 Å². The lowest BCUT2D eigenvalue weighted by Gasteiger charge is -2.09. The second kappa shape index (κ2) is 11.2. The third kappa shape index (κ3) is 6.39. The first-order valence-corrected chi connectivity index (χ1v) is 11.1. The van der Waals surface area contributed by atoms with E-state index in [0.717, 1.165) is 5.56 Å². The summed E-state index contributed by atoms with van der Waals surface area (Å²) in [5.41, 5.74) is 3.31. The topological polar surface area (TPSA) is 184 Å². The van der Waals surface area contributed by atoms with Gasteiger partial charge in [-0.15, -0.1) is 0 Å². The standard InChI is InChI=1S/C25H23N7O5/c1-14(33)22(24(35)28-19-10-11-20-21(12-19)30-25(36)29-20)32-31-18-8-4-16(5-9-18)23(34)27-17-6-2-15(3-7-17)13-37-26/h2-12,22H,13,26H2,1H3,(H,27,34)(H,28,35)(H2,29,30,36). The number of carbonyl (C=O) groups is 3. The second-order valence-corrected chi connectivity index (χ2v) is 8.07. The zero-order chi connectivity index (χ0) is 26.4. The van der Waals surface area contributed by atoms with Crippen molar-refractivity contribution in [2.24, 2.45) is 16.1 Å². The molecule has 4 rings (SSSR count). The molecule has 1 heterocycles. The Morgan fingerprint density at radius 1 is 0.919 bits per heavy atom. The molecule has 1 unspecified atom stereocenters. The predicted octanol–water partition coefficient (Wildman–Crippen LogP) is 3.18. The number of rotatable bonds is 9. The van der Waals surface area contributed by atoms with Gasteiger partial charge in [0.1, 0.15) is 0 Å². The van der Waals surface area contributed by atoms with Crippen molar-refractivity contribution in [2.75, 3.05) is 10.6 Å². The SMILES string of the molecule is CC(=O)C(N=Nc1ccc(C(=O)Nc2ccc(CON)cc2)cc1)C(=O)Nc1ccc2[nH]c(=O)[nH]c2c1. The van der Waals surface area contributed by atoms with Gasteiger partial charge in [-0.1, -0.05) is 12.1 Å². The van der Waals surface area contributed by atoms with E-state index in [1.165, 1.54) is 6.92 Å². The quantitative estimate of drug-likeness (QED) is 0.133. The Balaban J connectivity index is 1.39. The van der Waals surface area contributed by atoms with Crippen molar-refractivity contribution in [1.29, 1.82) is 0 Å². The Morgan fingerprint density at radius 2 is 1.59 bits per heavy atom. The molecule has 6 N–H and O–H groups in total. The van der Waals surface area contributed by atoms with Crippen LogP contribution in [0.1, 0.15) is 22.8 Å². The third-order valence-electron chi connectivity index (χ3n) is 5.30. The molecule has 3 aromatic carbocycles. The van der Waals surface area contributed by atoms with Gasteiger partial charge in [-0.3, -0.25) is 19.2 Å². The molecule has 37 heavy (non-hydrogen) atoms. The largest absolute Gasteiger partial charge is 0.324 e. The van der Waals surface area contributed by atoms with E-state index in [4.69, 9.17) is 5.90 Å². The first-order valence-electron chi connectivity index (χ1n) is 11.1. The maximum atomic E-state index is 12.7. The number of nitrogens with one attached hydrogen (secondary N) is 4. The summed E-state index contributed by atoms with van der Waals surface area (Å²) in [5, 5.41) is 13.3. The van der Waals surface area contributed by atoms with Crippen LogP contribution in [0, 0.1) is 0 Å². The molecule has 0 saturated carbocycles. The molecule has 0 aliphatic heterocycles. The van der Waals surface area contributed by atoms with Crippen molar-refractivity contribution in [1.82, 2.24) is 9.97 Å². The number of fused-ring (bicyclic) bond motifs is 1. The molecule has 4 aromatic rings. The molecule has 1 aromatic heterocycles. The Labute approximate surface area is 209 Å². The Hall–Kier alpha value is -4.94. The van der Waals surface area contributed by atoms with Crippen LogP contribution in [0.25, 0.3) is 11.0 Å². The van der Waals surface area contributed by atoms with Gasteiger partial charge in [0.15, 0.2) is 5.78 Å². The smallest absolute Gasteiger partial charge is 0.323 e. The van der Waals surface area contributed by atoms with Gasteiger partial charge in [0.05, 0.1) is 23.3 Å². The molecule has 12 heteroatoms. The molecule has 2 amide bonds. The molecule has 0 aliphatic carbocycles. The number of anilines is 2. The molecule has 0 radical (unpaired) electrons. The molecule has 0 fully saturated rings. The Bertz CT molecular complexity index is 1520. The average molecular weight is 502 g/mol. The number of aromatic amines is 2. The highest BCUT2D eigenvalue weighted by Crippen LogP contribution is 2.18. The van der Waals surface area contributed by atoms with Crippen molar-refractivity contribution < 1.29 is 19.2 Å². The minimum absolute atomic E-state index is 0.266. The number of H-pyrrole nitrogens is 2. The van der Waals surface area contributed by atoms with E-state index in [9.17, 15) is 19.2 Å². The number of ketones is 1. The molecule has 0 bridgehead atoms.